The van der Waals surface area contributed by atoms with Gasteiger partial charge in [0.15, 0.2) is 0 Å². The van der Waals surface area contributed by atoms with Crippen LogP contribution in [0, 0.1) is 0 Å². The number of amides is 1. The highest BCUT2D eigenvalue weighted by atomic mass is 79.9. The third-order valence-electron chi connectivity index (χ3n) is 2.80. The Kier molecular flexibility index (Phi) is 3.79. The van der Waals surface area contributed by atoms with Crippen LogP contribution in [0.15, 0.2) is 22.9 Å². The molecule has 0 bridgehead atoms. The molecule has 92 valence electrons. The molecule has 0 spiro atoms. The van der Waals surface area contributed by atoms with Crippen LogP contribution in [0.2, 0.25) is 0 Å². The second-order valence-electron chi connectivity index (χ2n) is 4.57. The molecule has 0 radical (unpaired) electrons. The van der Waals surface area contributed by atoms with Crippen molar-refractivity contribution in [2.45, 2.75) is 25.9 Å². The van der Waals surface area contributed by atoms with E-state index in [1.165, 1.54) is 0 Å². The van der Waals surface area contributed by atoms with Gasteiger partial charge >= 0.3 is 0 Å². The first-order chi connectivity index (χ1) is 8.06. The Morgan fingerprint density at radius 3 is 2.65 bits per heavy atom. The van der Waals surface area contributed by atoms with Gasteiger partial charge in [-0.25, -0.2) is 0 Å². The number of aromatic nitrogens is 1. The van der Waals surface area contributed by atoms with Gasteiger partial charge in [-0.05, 0) is 35.8 Å². The highest BCUT2D eigenvalue weighted by Gasteiger charge is 2.25. The van der Waals surface area contributed by atoms with Gasteiger partial charge in [-0.2, -0.15) is 0 Å². The van der Waals surface area contributed by atoms with Crippen molar-refractivity contribution in [3.05, 3.63) is 28.5 Å². The lowest BCUT2D eigenvalue weighted by Gasteiger charge is -2.36. The lowest BCUT2D eigenvalue weighted by atomic mass is 10.1. The second kappa shape index (κ2) is 5.14. The van der Waals surface area contributed by atoms with Crippen molar-refractivity contribution in [3.63, 3.8) is 0 Å². The zero-order valence-electron chi connectivity index (χ0n) is 9.98. The first-order valence-corrected chi connectivity index (χ1v) is 6.51. The molecule has 2 rings (SSSR count). The molecule has 1 amide bonds. The molecule has 0 saturated carbocycles. The van der Waals surface area contributed by atoms with Crippen molar-refractivity contribution in [1.82, 2.24) is 15.2 Å². The number of nitrogens with zero attached hydrogens (tertiary/aromatic N) is 2. The van der Waals surface area contributed by atoms with Gasteiger partial charge in [-0.1, -0.05) is 0 Å². The smallest absolute Gasteiger partial charge is 0.255 e. The average Bonchev–Trinajstić information content (AvgIpc) is 2.26. The molecule has 1 aliphatic rings. The minimum absolute atomic E-state index is 0.0546. The van der Waals surface area contributed by atoms with Crippen molar-refractivity contribution < 1.29 is 4.79 Å². The van der Waals surface area contributed by atoms with E-state index >= 15 is 0 Å². The molecule has 2 atom stereocenters. The summed E-state index contributed by atoms with van der Waals surface area (Å²) >= 11 is 3.33. The van der Waals surface area contributed by atoms with E-state index in [1.807, 2.05) is 11.0 Å². The number of nitrogens with one attached hydrogen (secondary N) is 1. The fraction of sp³-hybridized carbons (Fsp3) is 0.500. The zero-order chi connectivity index (χ0) is 12.4. The van der Waals surface area contributed by atoms with Crippen LogP contribution in [0.4, 0.5) is 0 Å². The van der Waals surface area contributed by atoms with Crippen LogP contribution in [0.25, 0.3) is 0 Å². The fourth-order valence-corrected chi connectivity index (χ4v) is 2.57. The summed E-state index contributed by atoms with van der Waals surface area (Å²) in [7, 11) is 0. The van der Waals surface area contributed by atoms with Gasteiger partial charge in [0, 0.05) is 42.0 Å². The topological polar surface area (TPSA) is 45.2 Å². The molecular formula is C12H16BrN3O. The van der Waals surface area contributed by atoms with Crippen molar-refractivity contribution in [1.29, 1.82) is 0 Å². The summed E-state index contributed by atoms with van der Waals surface area (Å²) in [5.41, 5.74) is 0.640. The van der Waals surface area contributed by atoms with Crippen LogP contribution in [-0.2, 0) is 0 Å². The summed E-state index contributed by atoms with van der Waals surface area (Å²) in [5.74, 6) is 0.0546. The summed E-state index contributed by atoms with van der Waals surface area (Å²) in [6.07, 6.45) is 3.30. The number of carbonyl (C=O) groups is 1. The van der Waals surface area contributed by atoms with Gasteiger partial charge in [0.25, 0.3) is 5.91 Å². The van der Waals surface area contributed by atoms with E-state index in [0.717, 1.165) is 17.6 Å². The molecule has 17 heavy (non-hydrogen) atoms. The lowest BCUT2D eigenvalue weighted by molar-refractivity contribution is 0.0673. The molecule has 1 aromatic rings. The van der Waals surface area contributed by atoms with Gasteiger partial charge in [-0.3, -0.25) is 9.78 Å². The average molecular weight is 298 g/mol. The maximum atomic E-state index is 12.3. The maximum absolute atomic E-state index is 12.3. The molecule has 1 aliphatic heterocycles. The Bertz CT molecular complexity index is 414. The van der Waals surface area contributed by atoms with Crippen LogP contribution in [-0.4, -0.2) is 41.0 Å². The molecule has 1 fully saturated rings. The Morgan fingerprint density at radius 2 is 2.06 bits per heavy atom. The number of hydrogen-bond donors (Lipinski definition) is 1. The van der Waals surface area contributed by atoms with Gasteiger partial charge in [0.05, 0.1) is 5.56 Å². The number of rotatable bonds is 1. The standard InChI is InChI=1S/C12H16BrN3O/c1-8-6-16(7-9(2)15-8)12(17)10-3-11(13)5-14-4-10/h3-5,8-9,15H,6-7H2,1-2H3. The Hall–Kier alpha value is -0.940. The summed E-state index contributed by atoms with van der Waals surface area (Å²) < 4.78 is 0.833. The van der Waals surface area contributed by atoms with Crippen LogP contribution < -0.4 is 5.32 Å². The summed E-state index contributed by atoms with van der Waals surface area (Å²) in [6.45, 7) is 5.68. The Morgan fingerprint density at radius 1 is 1.41 bits per heavy atom. The normalized spacial score (nSPS) is 24.8. The van der Waals surface area contributed by atoms with E-state index in [0.29, 0.717) is 17.6 Å². The van der Waals surface area contributed by atoms with Gasteiger partial charge in [0.2, 0.25) is 0 Å². The monoisotopic (exact) mass is 297 g/mol. The molecule has 1 N–H and O–H groups in total. The minimum atomic E-state index is 0.0546. The molecule has 0 aliphatic carbocycles. The first kappa shape index (κ1) is 12.5. The number of pyridine rings is 1. The second-order valence-corrected chi connectivity index (χ2v) is 5.49. The van der Waals surface area contributed by atoms with E-state index in [2.05, 4.69) is 40.1 Å². The van der Waals surface area contributed by atoms with Crippen molar-refractivity contribution >= 4 is 21.8 Å². The minimum Gasteiger partial charge on any atom is -0.335 e. The van der Waals surface area contributed by atoms with E-state index in [1.54, 1.807) is 12.4 Å². The SMILES string of the molecule is CC1CN(C(=O)c2cncc(Br)c2)CC(C)N1. The number of halogens is 1. The summed E-state index contributed by atoms with van der Waals surface area (Å²) in [4.78, 5) is 18.2. The molecule has 1 aromatic heterocycles. The quantitative estimate of drug-likeness (QED) is 0.858. The predicted molar refractivity (Wildman–Crippen MR) is 69.9 cm³/mol. The predicted octanol–water partition coefficient (Wildman–Crippen LogP) is 1.67. The summed E-state index contributed by atoms with van der Waals surface area (Å²) in [5, 5.41) is 3.41. The summed E-state index contributed by atoms with van der Waals surface area (Å²) in [6, 6.07) is 2.48. The van der Waals surface area contributed by atoms with Crippen molar-refractivity contribution in [3.8, 4) is 0 Å². The van der Waals surface area contributed by atoms with Crippen LogP contribution in [0.3, 0.4) is 0 Å². The molecule has 2 heterocycles. The van der Waals surface area contributed by atoms with Crippen molar-refractivity contribution in [2.75, 3.05) is 13.1 Å². The molecule has 4 nitrogen and oxygen atoms in total. The van der Waals surface area contributed by atoms with Gasteiger partial charge in [-0.15, -0.1) is 0 Å². The third-order valence-corrected chi connectivity index (χ3v) is 3.23. The van der Waals surface area contributed by atoms with Crippen LogP contribution in [0.1, 0.15) is 24.2 Å². The largest absolute Gasteiger partial charge is 0.335 e. The first-order valence-electron chi connectivity index (χ1n) is 5.72. The van der Waals surface area contributed by atoms with Crippen molar-refractivity contribution in [2.24, 2.45) is 0 Å². The molecule has 5 heteroatoms. The molecule has 2 unspecified atom stereocenters. The van der Waals surface area contributed by atoms with Gasteiger partial charge in [0.1, 0.15) is 0 Å². The van der Waals surface area contributed by atoms with Crippen LogP contribution >= 0.6 is 15.9 Å². The van der Waals surface area contributed by atoms with E-state index in [9.17, 15) is 4.79 Å². The van der Waals surface area contributed by atoms with Gasteiger partial charge < -0.3 is 10.2 Å². The Labute approximate surface area is 110 Å². The number of hydrogen-bond acceptors (Lipinski definition) is 3. The molecular weight excluding hydrogens is 282 g/mol. The van der Waals surface area contributed by atoms with E-state index in [4.69, 9.17) is 0 Å². The molecule has 0 aromatic carbocycles. The number of carbonyl (C=O) groups excluding carboxylic acids is 1. The maximum Gasteiger partial charge on any atom is 0.255 e. The Balaban J connectivity index is 2.14. The highest BCUT2D eigenvalue weighted by Crippen LogP contribution is 2.13. The zero-order valence-corrected chi connectivity index (χ0v) is 11.6. The van der Waals surface area contributed by atoms with E-state index < -0.39 is 0 Å². The fourth-order valence-electron chi connectivity index (χ4n) is 2.20. The van der Waals surface area contributed by atoms with Crippen LogP contribution in [0.5, 0.6) is 0 Å². The lowest BCUT2D eigenvalue weighted by Crippen LogP contribution is -2.55. The highest BCUT2D eigenvalue weighted by molar-refractivity contribution is 9.10. The number of piperazine rings is 1. The third kappa shape index (κ3) is 3.04. The van der Waals surface area contributed by atoms with E-state index in [-0.39, 0.29) is 5.91 Å². The molecule has 1 saturated heterocycles.